The van der Waals surface area contributed by atoms with Gasteiger partial charge in [0.1, 0.15) is 0 Å². The number of rotatable bonds is 5. The van der Waals surface area contributed by atoms with Crippen LogP contribution in [0.4, 0.5) is 16.2 Å². The molecule has 3 rings (SSSR count). The number of ether oxygens (including phenoxy) is 1. The van der Waals surface area contributed by atoms with Gasteiger partial charge in [-0.05, 0) is 56.2 Å². The van der Waals surface area contributed by atoms with E-state index >= 15 is 0 Å². The number of likely N-dealkylation sites (tertiary alicyclic amines) is 1. The predicted octanol–water partition coefficient (Wildman–Crippen LogP) is 3.75. The summed E-state index contributed by atoms with van der Waals surface area (Å²) in [5, 5.41) is 5.53. The van der Waals surface area contributed by atoms with Crippen LogP contribution in [0.3, 0.4) is 0 Å². The van der Waals surface area contributed by atoms with Crippen LogP contribution in [0.25, 0.3) is 0 Å². The molecule has 1 aliphatic heterocycles. The molecule has 2 aromatic carbocycles. The van der Waals surface area contributed by atoms with E-state index in [-0.39, 0.29) is 17.7 Å². The van der Waals surface area contributed by atoms with Gasteiger partial charge < -0.3 is 15.0 Å². The van der Waals surface area contributed by atoms with Crippen LogP contribution in [0.1, 0.15) is 30.1 Å². The number of amides is 3. The van der Waals surface area contributed by atoms with Crippen molar-refractivity contribution in [2.45, 2.75) is 19.8 Å². The predicted molar refractivity (Wildman–Crippen MR) is 111 cm³/mol. The number of hydrogen-bond donors (Lipinski definition) is 2. The highest BCUT2D eigenvalue weighted by Gasteiger charge is 2.27. The molecule has 0 atom stereocenters. The number of benzene rings is 2. The first kappa shape index (κ1) is 20.4. The molecule has 2 aromatic rings. The second-order valence-electron chi connectivity index (χ2n) is 6.84. The molecule has 0 aliphatic carbocycles. The summed E-state index contributed by atoms with van der Waals surface area (Å²) in [6.45, 7) is 3.10. The van der Waals surface area contributed by atoms with Crippen LogP contribution in [-0.2, 0) is 9.53 Å². The molecule has 1 aliphatic rings. The molecule has 29 heavy (non-hydrogen) atoms. The van der Waals surface area contributed by atoms with E-state index in [0.29, 0.717) is 43.8 Å². The van der Waals surface area contributed by atoms with Crippen molar-refractivity contribution in [1.29, 1.82) is 0 Å². The van der Waals surface area contributed by atoms with E-state index in [1.807, 2.05) is 30.3 Å². The third-order valence-corrected chi connectivity index (χ3v) is 4.85. The summed E-state index contributed by atoms with van der Waals surface area (Å²) >= 11 is 0. The molecule has 0 bridgehead atoms. The summed E-state index contributed by atoms with van der Waals surface area (Å²) in [7, 11) is 0. The second kappa shape index (κ2) is 9.73. The van der Waals surface area contributed by atoms with Gasteiger partial charge in [0.05, 0.1) is 6.61 Å². The van der Waals surface area contributed by atoms with Crippen molar-refractivity contribution >= 4 is 29.3 Å². The van der Waals surface area contributed by atoms with Gasteiger partial charge in [-0.15, -0.1) is 0 Å². The Morgan fingerprint density at radius 2 is 1.55 bits per heavy atom. The van der Waals surface area contributed by atoms with Gasteiger partial charge in [-0.3, -0.25) is 14.9 Å². The van der Waals surface area contributed by atoms with Crippen molar-refractivity contribution in [3.8, 4) is 0 Å². The molecule has 0 unspecified atom stereocenters. The van der Waals surface area contributed by atoms with E-state index in [2.05, 4.69) is 10.6 Å². The fourth-order valence-electron chi connectivity index (χ4n) is 3.27. The molecule has 0 aromatic heterocycles. The number of piperidine rings is 1. The van der Waals surface area contributed by atoms with E-state index < -0.39 is 6.09 Å². The second-order valence-corrected chi connectivity index (χ2v) is 6.84. The average molecular weight is 395 g/mol. The van der Waals surface area contributed by atoms with E-state index in [1.165, 1.54) is 0 Å². The quantitative estimate of drug-likeness (QED) is 0.807. The van der Waals surface area contributed by atoms with Gasteiger partial charge in [-0.25, -0.2) is 4.79 Å². The van der Waals surface area contributed by atoms with Crippen LogP contribution in [0, 0.1) is 5.92 Å². The van der Waals surface area contributed by atoms with Gasteiger partial charge in [-0.2, -0.15) is 0 Å². The average Bonchev–Trinajstić information content (AvgIpc) is 2.75. The highest BCUT2D eigenvalue weighted by atomic mass is 16.5. The Bertz CT molecular complexity index is 844. The minimum Gasteiger partial charge on any atom is -0.450 e. The van der Waals surface area contributed by atoms with Crippen LogP contribution in [0.2, 0.25) is 0 Å². The molecule has 0 spiro atoms. The smallest absolute Gasteiger partial charge is 0.411 e. The summed E-state index contributed by atoms with van der Waals surface area (Å²) in [6.07, 6.45) is 0.738. The third kappa shape index (κ3) is 5.57. The monoisotopic (exact) mass is 395 g/mol. The number of carbonyl (C=O) groups excluding carboxylic acids is 3. The molecular formula is C22H25N3O4. The first-order chi connectivity index (χ1) is 14.1. The Morgan fingerprint density at radius 1 is 0.931 bits per heavy atom. The van der Waals surface area contributed by atoms with Gasteiger partial charge in [-0.1, -0.05) is 18.2 Å². The maximum absolute atomic E-state index is 12.7. The Hall–Kier alpha value is -3.35. The van der Waals surface area contributed by atoms with Crippen LogP contribution in [0.5, 0.6) is 0 Å². The van der Waals surface area contributed by atoms with Gasteiger partial charge in [0.15, 0.2) is 0 Å². The Balaban J connectivity index is 1.50. The van der Waals surface area contributed by atoms with Crippen LogP contribution in [0.15, 0.2) is 54.6 Å². The highest BCUT2D eigenvalue weighted by Crippen LogP contribution is 2.21. The van der Waals surface area contributed by atoms with Crippen molar-refractivity contribution in [1.82, 2.24) is 4.90 Å². The largest absolute Gasteiger partial charge is 0.450 e. The van der Waals surface area contributed by atoms with Gasteiger partial charge in [0.2, 0.25) is 5.91 Å². The fourth-order valence-corrected chi connectivity index (χ4v) is 3.27. The van der Waals surface area contributed by atoms with Crippen molar-refractivity contribution in [2.75, 3.05) is 30.3 Å². The van der Waals surface area contributed by atoms with Gasteiger partial charge in [0.25, 0.3) is 5.91 Å². The van der Waals surface area contributed by atoms with E-state index in [9.17, 15) is 14.4 Å². The number of nitrogens with one attached hydrogen (secondary N) is 2. The lowest BCUT2D eigenvalue weighted by atomic mass is 9.95. The molecule has 1 heterocycles. The lowest BCUT2D eigenvalue weighted by Gasteiger charge is -2.31. The van der Waals surface area contributed by atoms with Crippen LogP contribution in [-0.4, -0.2) is 42.5 Å². The molecule has 0 radical (unpaired) electrons. The van der Waals surface area contributed by atoms with E-state index in [1.54, 1.807) is 36.1 Å². The topological polar surface area (TPSA) is 87.7 Å². The molecule has 1 fully saturated rings. The van der Waals surface area contributed by atoms with Gasteiger partial charge in [0, 0.05) is 35.9 Å². The normalized spacial score (nSPS) is 14.2. The molecule has 7 nitrogen and oxygen atoms in total. The first-order valence-electron chi connectivity index (χ1n) is 9.76. The maximum atomic E-state index is 12.7. The van der Waals surface area contributed by atoms with Crippen LogP contribution < -0.4 is 10.6 Å². The first-order valence-corrected chi connectivity index (χ1v) is 9.76. The SMILES string of the molecule is CCOC(=O)Nc1ccc(C(=O)N2CCC(C(=O)Nc3ccccc3)CC2)cc1. The standard InChI is InChI=1S/C22H25N3O4/c1-2-29-22(28)24-19-10-8-17(9-11-19)21(27)25-14-12-16(13-15-25)20(26)23-18-6-4-3-5-7-18/h3-11,16H,2,12-15H2,1H3,(H,23,26)(H,24,28). The molecule has 0 saturated carbocycles. The molecular weight excluding hydrogens is 370 g/mol. The zero-order valence-corrected chi connectivity index (χ0v) is 16.4. The van der Waals surface area contributed by atoms with Crippen molar-refractivity contribution in [3.63, 3.8) is 0 Å². The maximum Gasteiger partial charge on any atom is 0.411 e. The highest BCUT2D eigenvalue weighted by molar-refractivity contribution is 5.96. The third-order valence-electron chi connectivity index (χ3n) is 4.85. The molecule has 3 amide bonds. The minimum absolute atomic E-state index is 0.00214. The zero-order chi connectivity index (χ0) is 20.6. The Morgan fingerprint density at radius 3 is 2.17 bits per heavy atom. The summed E-state index contributed by atoms with van der Waals surface area (Å²) < 4.78 is 4.83. The summed E-state index contributed by atoms with van der Waals surface area (Å²) in [5.41, 5.74) is 1.90. The number of anilines is 2. The number of hydrogen-bond acceptors (Lipinski definition) is 4. The number of carbonyl (C=O) groups is 3. The van der Waals surface area contributed by atoms with Crippen molar-refractivity contribution < 1.29 is 19.1 Å². The van der Waals surface area contributed by atoms with E-state index in [4.69, 9.17) is 4.74 Å². The molecule has 7 heteroatoms. The summed E-state index contributed by atoms with van der Waals surface area (Å²) in [4.78, 5) is 38.3. The van der Waals surface area contributed by atoms with Gasteiger partial charge >= 0.3 is 6.09 Å². The fraction of sp³-hybridized carbons (Fsp3) is 0.318. The Labute approximate surface area is 170 Å². The number of para-hydroxylation sites is 1. The molecule has 152 valence electrons. The molecule has 1 saturated heterocycles. The lowest BCUT2D eigenvalue weighted by Crippen LogP contribution is -2.41. The van der Waals surface area contributed by atoms with Crippen molar-refractivity contribution in [3.05, 3.63) is 60.2 Å². The molecule has 2 N–H and O–H groups in total. The Kier molecular flexibility index (Phi) is 6.84. The summed E-state index contributed by atoms with van der Waals surface area (Å²) in [6, 6.07) is 16.1. The lowest BCUT2D eigenvalue weighted by molar-refractivity contribution is -0.121. The van der Waals surface area contributed by atoms with E-state index in [0.717, 1.165) is 5.69 Å². The van der Waals surface area contributed by atoms with Crippen LogP contribution >= 0.6 is 0 Å². The van der Waals surface area contributed by atoms with Crippen molar-refractivity contribution in [2.24, 2.45) is 5.92 Å². The zero-order valence-electron chi connectivity index (χ0n) is 16.4. The summed E-state index contributed by atoms with van der Waals surface area (Å²) in [5.74, 6) is -0.178. The minimum atomic E-state index is -0.526. The number of nitrogens with zero attached hydrogens (tertiary/aromatic N) is 1.